The Morgan fingerprint density at radius 3 is 2.96 bits per heavy atom. The molecule has 1 aliphatic rings. The molecule has 0 radical (unpaired) electrons. The highest BCUT2D eigenvalue weighted by Crippen LogP contribution is 2.31. The van der Waals surface area contributed by atoms with Gasteiger partial charge in [-0.1, -0.05) is 36.2 Å². The lowest BCUT2D eigenvalue weighted by Gasteiger charge is -2.35. The van der Waals surface area contributed by atoms with Gasteiger partial charge in [-0.15, -0.1) is 0 Å². The molecule has 1 atom stereocenters. The fourth-order valence-corrected chi connectivity index (χ4v) is 3.45. The van der Waals surface area contributed by atoms with Crippen molar-refractivity contribution in [3.8, 4) is 0 Å². The number of nitrogens with zero attached hydrogens (tertiary/aromatic N) is 3. The van der Waals surface area contributed by atoms with Gasteiger partial charge in [0, 0.05) is 18.8 Å². The third-order valence-electron chi connectivity index (χ3n) is 4.43. The first-order chi connectivity index (χ1) is 12.1. The second kappa shape index (κ2) is 8.02. The molecule has 5 nitrogen and oxygen atoms in total. The SMILES string of the molecule is CCC1CCCCN1C(=O)c1ccnc(Nc2cccc(Cl)c2Cl)n1. The number of carbonyl (C=O) groups excluding carboxylic acids is 1. The highest BCUT2D eigenvalue weighted by Gasteiger charge is 2.27. The minimum atomic E-state index is -0.0470. The average Bonchev–Trinajstić information content (AvgIpc) is 2.65. The van der Waals surface area contributed by atoms with Crippen LogP contribution in [0.1, 0.15) is 43.1 Å². The summed E-state index contributed by atoms with van der Waals surface area (Å²) in [5.74, 6) is 0.272. The van der Waals surface area contributed by atoms with Gasteiger partial charge >= 0.3 is 0 Å². The Morgan fingerprint density at radius 2 is 2.16 bits per heavy atom. The van der Waals surface area contributed by atoms with E-state index in [0.717, 1.165) is 25.8 Å². The summed E-state index contributed by atoms with van der Waals surface area (Å²) < 4.78 is 0. The molecule has 1 amide bonds. The van der Waals surface area contributed by atoms with Crippen LogP contribution in [-0.2, 0) is 0 Å². The van der Waals surface area contributed by atoms with Crippen LogP contribution >= 0.6 is 23.2 Å². The van der Waals surface area contributed by atoms with E-state index < -0.39 is 0 Å². The van der Waals surface area contributed by atoms with Crippen molar-refractivity contribution in [2.75, 3.05) is 11.9 Å². The first kappa shape index (κ1) is 18.0. The van der Waals surface area contributed by atoms with Crippen molar-refractivity contribution in [1.29, 1.82) is 0 Å². The van der Waals surface area contributed by atoms with Gasteiger partial charge < -0.3 is 10.2 Å². The summed E-state index contributed by atoms with van der Waals surface area (Å²) in [4.78, 5) is 23.3. The van der Waals surface area contributed by atoms with E-state index in [-0.39, 0.29) is 11.9 Å². The van der Waals surface area contributed by atoms with Crippen LogP contribution in [0.5, 0.6) is 0 Å². The Morgan fingerprint density at radius 1 is 1.32 bits per heavy atom. The number of nitrogens with one attached hydrogen (secondary N) is 1. The van der Waals surface area contributed by atoms with Gasteiger partial charge in [0.15, 0.2) is 0 Å². The fraction of sp³-hybridized carbons (Fsp3) is 0.389. The molecule has 3 rings (SSSR count). The maximum Gasteiger partial charge on any atom is 0.272 e. The summed E-state index contributed by atoms with van der Waals surface area (Å²) in [7, 11) is 0. The number of hydrogen-bond donors (Lipinski definition) is 1. The van der Waals surface area contributed by atoms with E-state index in [1.807, 2.05) is 4.90 Å². The fourth-order valence-electron chi connectivity index (χ4n) is 3.10. The molecule has 7 heteroatoms. The van der Waals surface area contributed by atoms with Gasteiger partial charge in [-0.2, -0.15) is 0 Å². The molecule has 1 saturated heterocycles. The third kappa shape index (κ3) is 4.05. The van der Waals surface area contributed by atoms with Gasteiger partial charge in [0.2, 0.25) is 5.95 Å². The van der Waals surface area contributed by atoms with Gasteiger partial charge in [-0.25, -0.2) is 9.97 Å². The minimum absolute atomic E-state index is 0.0470. The van der Waals surface area contributed by atoms with Gasteiger partial charge in [-0.05, 0) is 43.9 Å². The zero-order valence-electron chi connectivity index (χ0n) is 14.0. The predicted octanol–water partition coefficient (Wildman–Crippen LogP) is 4.93. The molecule has 0 saturated carbocycles. The molecule has 25 heavy (non-hydrogen) atoms. The molecule has 1 aliphatic heterocycles. The number of piperidine rings is 1. The van der Waals surface area contributed by atoms with Gasteiger partial charge in [0.25, 0.3) is 5.91 Å². The number of benzene rings is 1. The molecular weight excluding hydrogens is 359 g/mol. The van der Waals surface area contributed by atoms with Crippen LogP contribution < -0.4 is 5.32 Å². The van der Waals surface area contributed by atoms with Crippen molar-refractivity contribution >= 4 is 40.7 Å². The van der Waals surface area contributed by atoms with Crippen LogP contribution in [0.2, 0.25) is 10.0 Å². The average molecular weight is 379 g/mol. The molecule has 0 bridgehead atoms. The Hall–Kier alpha value is -1.85. The van der Waals surface area contributed by atoms with Crippen molar-refractivity contribution in [3.05, 3.63) is 46.2 Å². The molecule has 1 aromatic carbocycles. The number of hydrogen-bond acceptors (Lipinski definition) is 4. The Bertz CT molecular complexity index is 768. The van der Waals surface area contributed by atoms with E-state index in [0.29, 0.717) is 27.4 Å². The molecular formula is C18H20Cl2N4O. The minimum Gasteiger partial charge on any atom is -0.334 e. The van der Waals surface area contributed by atoms with Gasteiger partial charge in [-0.3, -0.25) is 4.79 Å². The van der Waals surface area contributed by atoms with E-state index in [4.69, 9.17) is 23.2 Å². The van der Waals surface area contributed by atoms with Crippen molar-refractivity contribution < 1.29 is 4.79 Å². The molecule has 132 valence electrons. The second-order valence-electron chi connectivity index (χ2n) is 6.05. The highest BCUT2D eigenvalue weighted by atomic mass is 35.5. The summed E-state index contributed by atoms with van der Waals surface area (Å²) in [5.41, 5.74) is 0.985. The van der Waals surface area contributed by atoms with E-state index >= 15 is 0 Å². The summed E-state index contributed by atoms with van der Waals surface area (Å²) >= 11 is 12.2. The predicted molar refractivity (Wildman–Crippen MR) is 101 cm³/mol. The quantitative estimate of drug-likeness (QED) is 0.818. The first-order valence-electron chi connectivity index (χ1n) is 8.45. The normalized spacial score (nSPS) is 17.4. The van der Waals surface area contributed by atoms with E-state index in [9.17, 15) is 4.79 Å². The summed E-state index contributed by atoms with van der Waals surface area (Å²) in [6.45, 7) is 2.90. The number of likely N-dealkylation sites (tertiary alicyclic amines) is 1. The smallest absolute Gasteiger partial charge is 0.272 e. The molecule has 0 spiro atoms. The number of rotatable bonds is 4. The van der Waals surface area contributed by atoms with Crippen LogP contribution in [0, 0.1) is 0 Å². The van der Waals surface area contributed by atoms with Crippen LogP contribution in [0.15, 0.2) is 30.5 Å². The van der Waals surface area contributed by atoms with Crippen LogP contribution in [-0.4, -0.2) is 33.4 Å². The zero-order valence-corrected chi connectivity index (χ0v) is 15.5. The van der Waals surface area contributed by atoms with E-state index in [1.165, 1.54) is 6.42 Å². The molecule has 1 N–H and O–H groups in total. The zero-order chi connectivity index (χ0) is 17.8. The largest absolute Gasteiger partial charge is 0.334 e. The second-order valence-corrected chi connectivity index (χ2v) is 6.83. The lowest BCUT2D eigenvalue weighted by atomic mass is 9.99. The van der Waals surface area contributed by atoms with Gasteiger partial charge in [0.05, 0.1) is 15.7 Å². The molecule has 1 fully saturated rings. The Labute approximate surface area is 157 Å². The first-order valence-corrected chi connectivity index (χ1v) is 9.20. The summed E-state index contributed by atoms with van der Waals surface area (Å²) in [6.07, 6.45) is 5.80. The number of anilines is 2. The molecule has 2 heterocycles. The molecule has 1 aromatic heterocycles. The van der Waals surface area contributed by atoms with Crippen molar-refractivity contribution in [3.63, 3.8) is 0 Å². The lowest BCUT2D eigenvalue weighted by Crippen LogP contribution is -2.43. The van der Waals surface area contributed by atoms with Crippen LogP contribution in [0.4, 0.5) is 11.6 Å². The molecule has 0 aliphatic carbocycles. The van der Waals surface area contributed by atoms with E-state index in [1.54, 1.807) is 30.5 Å². The van der Waals surface area contributed by atoms with Gasteiger partial charge in [0.1, 0.15) is 5.69 Å². The van der Waals surface area contributed by atoms with Crippen molar-refractivity contribution in [2.24, 2.45) is 0 Å². The molecule has 1 unspecified atom stereocenters. The Balaban J connectivity index is 1.81. The standard InChI is InChI=1S/C18H20Cl2N4O/c1-2-12-6-3-4-11-24(12)17(25)15-9-10-21-18(23-15)22-14-8-5-7-13(19)16(14)20/h5,7-10,12H,2-4,6,11H2,1H3,(H,21,22,23). The van der Waals surface area contributed by atoms with Crippen molar-refractivity contribution in [2.45, 2.75) is 38.6 Å². The number of amides is 1. The monoisotopic (exact) mass is 378 g/mol. The summed E-state index contributed by atoms with van der Waals surface area (Å²) in [6, 6.07) is 7.20. The van der Waals surface area contributed by atoms with Crippen molar-refractivity contribution in [1.82, 2.24) is 14.9 Å². The third-order valence-corrected chi connectivity index (χ3v) is 5.25. The lowest BCUT2D eigenvalue weighted by molar-refractivity contribution is 0.0602. The summed E-state index contributed by atoms with van der Waals surface area (Å²) in [5, 5.41) is 3.86. The highest BCUT2D eigenvalue weighted by molar-refractivity contribution is 6.43. The van der Waals surface area contributed by atoms with E-state index in [2.05, 4.69) is 22.2 Å². The maximum atomic E-state index is 12.9. The van der Waals surface area contributed by atoms with Crippen LogP contribution in [0.3, 0.4) is 0 Å². The van der Waals surface area contributed by atoms with Crippen LogP contribution in [0.25, 0.3) is 0 Å². The molecule has 2 aromatic rings. The number of aromatic nitrogens is 2. The number of halogens is 2. The number of carbonyl (C=O) groups is 1. The topological polar surface area (TPSA) is 58.1 Å². The maximum absolute atomic E-state index is 12.9. The Kier molecular flexibility index (Phi) is 5.76.